The monoisotopic (exact) mass is 378 g/mol. The molecule has 1 fully saturated rings. The maximum Gasteiger partial charge on any atom is 0.332 e. The lowest BCUT2D eigenvalue weighted by atomic mass is 10.1. The summed E-state index contributed by atoms with van der Waals surface area (Å²) in [6.07, 6.45) is 4.20. The molecule has 0 aromatic carbocycles. The Morgan fingerprint density at radius 3 is 2.46 bits per heavy atom. The van der Waals surface area contributed by atoms with Crippen molar-refractivity contribution in [1.82, 2.24) is 19.1 Å². The number of hydrogen-bond acceptors (Lipinski definition) is 7. The Balaban J connectivity index is 2.26. The number of ether oxygens (including phenoxy) is 1. The van der Waals surface area contributed by atoms with Crippen molar-refractivity contribution in [2.24, 2.45) is 14.1 Å². The zero-order valence-corrected chi connectivity index (χ0v) is 16.1. The van der Waals surface area contributed by atoms with Gasteiger partial charge in [0.1, 0.15) is 21.5 Å². The first-order valence-corrected chi connectivity index (χ1v) is 9.45. The van der Waals surface area contributed by atoms with Crippen LogP contribution in [0.25, 0.3) is 11.0 Å². The molecule has 1 saturated carbocycles. The molecule has 1 aliphatic carbocycles. The molecule has 1 atom stereocenters. The van der Waals surface area contributed by atoms with Gasteiger partial charge in [0.15, 0.2) is 5.65 Å². The maximum atomic E-state index is 12.7. The molecule has 0 spiro atoms. The molecule has 9 heteroatoms. The van der Waals surface area contributed by atoms with Gasteiger partial charge in [0.25, 0.3) is 5.56 Å². The molecule has 3 rings (SSSR count). The Bertz CT molecular complexity index is 975. The van der Waals surface area contributed by atoms with Gasteiger partial charge in [-0.05, 0) is 19.8 Å². The molecule has 0 unspecified atom stereocenters. The fourth-order valence-corrected chi connectivity index (χ4v) is 4.25. The van der Waals surface area contributed by atoms with Crippen molar-refractivity contribution in [3.63, 3.8) is 0 Å². The molecule has 0 bridgehead atoms. The lowest BCUT2D eigenvalue weighted by Gasteiger charge is -2.15. The van der Waals surface area contributed by atoms with Crippen molar-refractivity contribution in [2.75, 3.05) is 7.11 Å². The molecule has 26 heavy (non-hydrogen) atoms. The van der Waals surface area contributed by atoms with E-state index in [9.17, 15) is 14.4 Å². The van der Waals surface area contributed by atoms with Crippen LogP contribution in [0.5, 0.6) is 0 Å². The summed E-state index contributed by atoms with van der Waals surface area (Å²) in [7, 11) is 4.34. The van der Waals surface area contributed by atoms with E-state index in [2.05, 4.69) is 9.97 Å². The van der Waals surface area contributed by atoms with E-state index in [4.69, 9.17) is 4.74 Å². The van der Waals surface area contributed by atoms with Crippen LogP contribution in [0.15, 0.2) is 14.6 Å². The average Bonchev–Trinajstić information content (AvgIpc) is 3.18. The van der Waals surface area contributed by atoms with E-state index in [0.29, 0.717) is 16.5 Å². The summed E-state index contributed by atoms with van der Waals surface area (Å²) >= 11 is 1.16. The van der Waals surface area contributed by atoms with E-state index in [1.807, 2.05) is 0 Å². The fraction of sp³-hybridized carbons (Fsp3) is 0.588. The van der Waals surface area contributed by atoms with Crippen LogP contribution in [0, 0.1) is 0 Å². The number of carbonyl (C=O) groups is 1. The highest BCUT2D eigenvalue weighted by Crippen LogP contribution is 2.35. The molecule has 2 aromatic heterocycles. The van der Waals surface area contributed by atoms with E-state index in [1.54, 1.807) is 14.0 Å². The highest BCUT2D eigenvalue weighted by Gasteiger charge is 2.26. The van der Waals surface area contributed by atoms with Gasteiger partial charge in [0.05, 0.1) is 7.11 Å². The molecular weight excluding hydrogens is 356 g/mol. The van der Waals surface area contributed by atoms with Crippen LogP contribution in [0.1, 0.15) is 44.3 Å². The molecule has 2 aromatic rings. The van der Waals surface area contributed by atoms with Crippen molar-refractivity contribution >= 4 is 28.8 Å². The Kier molecular flexibility index (Phi) is 5.17. The van der Waals surface area contributed by atoms with Gasteiger partial charge in [-0.1, -0.05) is 24.6 Å². The van der Waals surface area contributed by atoms with Gasteiger partial charge in [0.2, 0.25) is 0 Å². The molecule has 0 amide bonds. The van der Waals surface area contributed by atoms with Crippen LogP contribution in [0.4, 0.5) is 0 Å². The van der Waals surface area contributed by atoms with Crippen LogP contribution in [0.2, 0.25) is 0 Å². The Labute approximate surface area is 154 Å². The summed E-state index contributed by atoms with van der Waals surface area (Å²) in [5.74, 6) is 0.454. The number of methoxy groups -OCH3 is 1. The third-order valence-corrected chi connectivity index (χ3v) is 5.89. The SMILES string of the molecule is COC(=O)[C@H](C)Sc1nc(C2CCCC2)nc2c1c(=O)n(C)c(=O)n2C. The predicted molar refractivity (Wildman–Crippen MR) is 98.6 cm³/mol. The molecule has 0 radical (unpaired) electrons. The number of thioether (sulfide) groups is 1. The number of nitrogens with zero attached hydrogens (tertiary/aromatic N) is 4. The molecule has 0 N–H and O–H groups in total. The molecule has 0 saturated heterocycles. The number of esters is 1. The quantitative estimate of drug-likeness (QED) is 0.450. The number of aromatic nitrogens is 4. The van der Waals surface area contributed by atoms with Crippen molar-refractivity contribution in [3.05, 3.63) is 26.7 Å². The number of carbonyl (C=O) groups excluding carboxylic acids is 1. The lowest BCUT2D eigenvalue weighted by Crippen LogP contribution is -2.38. The number of hydrogen-bond donors (Lipinski definition) is 0. The highest BCUT2D eigenvalue weighted by atomic mass is 32.2. The van der Waals surface area contributed by atoms with Crippen LogP contribution < -0.4 is 11.2 Å². The minimum Gasteiger partial charge on any atom is -0.468 e. The third-order valence-electron chi connectivity index (χ3n) is 4.83. The van der Waals surface area contributed by atoms with E-state index >= 15 is 0 Å². The van der Waals surface area contributed by atoms with Gasteiger partial charge in [0, 0.05) is 20.0 Å². The first-order valence-electron chi connectivity index (χ1n) is 8.57. The largest absolute Gasteiger partial charge is 0.468 e. The number of rotatable bonds is 4. The summed E-state index contributed by atoms with van der Waals surface area (Å²) in [5.41, 5.74) is -0.578. The molecule has 140 valence electrons. The summed E-state index contributed by atoms with van der Waals surface area (Å²) in [6.45, 7) is 1.70. The Morgan fingerprint density at radius 2 is 1.85 bits per heavy atom. The van der Waals surface area contributed by atoms with Gasteiger partial charge in [-0.2, -0.15) is 0 Å². The molecule has 1 aliphatic rings. The minimum absolute atomic E-state index is 0.214. The Hall–Kier alpha value is -2.16. The first kappa shape index (κ1) is 18.6. The fourth-order valence-electron chi connectivity index (χ4n) is 3.28. The van der Waals surface area contributed by atoms with Gasteiger partial charge < -0.3 is 4.74 Å². The Morgan fingerprint density at radius 1 is 1.19 bits per heavy atom. The van der Waals surface area contributed by atoms with E-state index < -0.39 is 22.5 Å². The number of aryl methyl sites for hydroxylation is 1. The average molecular weight is 378 g/mol. The van der Waals surface area contributed by atoms with E-state index in [1.165, 1.54) is 18.7 Å². The van der Waals surface area contributed by atoms with Gasteiger partial charge >= 0.3 is 11.7 Å². The van der Waals surface area contributed by atoms with Crippen LogP contribution in [-0.4, -0.2) is 37.4 Å². The normalized spacial score (nSPS) is 16.2. The second-order valence-corrected chi connectivity index (χ2v) is 7.89. The summed E-state index contributed by atoms with van der Waals surface area (Å²) in [4.78, 5) is 46.1. The third kappa shape index (κ3) is 3.15. The number of fused-ring (bicyclic) bond motifs is 1. The molecule has 0 aliphatic heterocycles. The smallest absolute Gasteiger partial charge is 0.332 e. The standard InChI is InChI=1S/C17H22N4O4S/c1-9(16(23)25-4)26-14-11-13(20(2)17(24)21(3)15(11)22)18-12(19-14)10-7-5-6-8-10/h9-10H,5-8H2,1-4H3/t9-/m0/s1. The van der Waals surface area contributed by atoms with Crippen molar-refractivity contribution < 1.29 is 9.53 Å². The van der Waals surface area contributed by atoms with Crippen molar-refractivity contribution in [3.8, 4) is 0 Å². The highest BCUT2D eigenvalue weighted by molar-refractivity contribution is 8.00. The van der Waals surface area contributed by atoms with Gasteiger partial charge in [-0.25, -0.2) is 14.8 Å². The summed E-state index contributed by atoms with van der Waals surface area (Å²) in [6, 6.07) is 0. The first-order chi connectivity index (χ1) is 12.3. The van der Waals surface area contributed by atoms with Gasteiger partial charge in [-0.3, -0.25) is 18.7 Å². The molecular formula is C17H22N4O4S. The van der Waals surface area contributed by atoms with Crippen LogP contribution in [-0.2, 0) is 23.6 Å². The second-order valence-electron chi connectivity index (χ2n) is 6.56. The van der Waals surface area contributed by atoms with Crippen molar-refractivity contribution in [2.45, 2.75) is 48.8 Å². The zero-order valence-electron chi connectivity index (χ0n) is 15.3. The summed E-state index contributed by atoms with van der Waals surface area (Å²) in [5, 5.41) is 0.152. The van der Waals surface area contributed by atoms with E-state index in [-0.39, 0.29) is 11.3 Å². The maximum absolute atomic E-state index is 12.7. The van der Waals surface area contributed by atoms with Crippen molar-refractivity contribution in [1.29, 1.82) is 0 Å². The van der Waals surface area contributed by atoms with E-state index in [0.717, 1.165) is 42.0 Å². The van der Waals surface area contributed by atoms with Gasteiger partial charge in [-0.15, -0.1) is 0 Å². The van der Waals surface area contributed by atoms with Crippen LogP contribution >= 0.6 is 11.8 Å². The topological polar surface area (TPSA) is 96.1 Å². The minimum atomic E-state index is -0.531. The lowest BCUT2D eigenvalue weighted by molar-refractivity contribution is -0.139. The second kappa shape index (κ2) is 7.22. The summed E-state index contributed by atoms with van der Waals surface area (Å²) < 4.78 is 7.18. The molecule has 8 nitrogen and oxygen atoms in total. The zero-order chi connectivity index (χ0) is 19.0. The predicted octanol–water partition coefficient (Wildman–Crippen LogP) is 1.34. The molecule has 2 heterocycles. The van der Waals surface area contributed by atoms with Crippen LogP contribution in [0.3, 0.4) is 0 Å².